The van der Waals surface area contributed by atoms with Crippen molar-refractivity contribution in [3.63, 3.8) is 0 Å². The van der Waals surface area contributed by atoms with E-state index >= 15 is 8.78 Å². The number of fused-ring (bicyclic) bond motifs is 10. The van der Waals surface area contributed by atoms with Crippen LogP contribution in [0.25, 0.3) is 44.3 Å². The van der Waals surface area contributed by atoms with Crippen LogP contribution in [0.15, 0.2) is 91.1 Å². The van der Waals surface area contributed by atoms with Crippen LogP contribution in [0.3, 0.4) is 0 Å². The molecule has 0 radical (unpaired) electrons. The van der Waals surface area contributed by atoms with Gasteiger partial charge in [-0.05, 0) is 225 Å². The number of hydrogen-bond donors (Lipinski definition) is 0. The van der Waals surface area contributed by atoms with E-state index in [-0.39, 0.29) is 26.5 Å². The van der Waals surface area contributed by atoms with Crippen LogP contribution >= 0.6 is 22.7 Å². The van der Waals surface area contributed by atoms with Crippen molar-refractivity contribution < 1.29 is 55.5 Å². The predicted octanol–water partition coefficient (Wildman–Crippen LogP) is 14.5. The summed E-state index contributed by atoms with van der Waals surface area (Å²) < 4.78 is 101. The van der Waals surface area contributed by atoms with Crippen LogP contribution in [0.2, 0.25) is 0 Å². The topological polar surface area (TPSA) is 115 Å². The molecule has 6 fully saturated rings. The van der Waals surface area contributed by atoms with E-state index in [1.807, 2.05) is 120 Å². The van der Waals surface area contributed by atoms with Gasteiger partial charge in [-0.3, -0.25) is 9.13 Å². The second-order valence-electron chi connectivity index (χ2n) is 29.4. The van der Waals surface area contributed by atoms with Crippen LogP contribution < -0.4 is 31.3 Å². The number of thiazole rings is 1. The molecule has 0 spiro atoms. The number of thiophene rings is 1. The zero-order valence-electron chi connectivity index (χ0n) is 53.1. The lowest BCUT2D eigenvalue weighted by atomic mass is 9.78. The number of ether oxygens (including phenoxy) is 2. The Bertz CT molecular complexity index is 3850. The van der Waals surface area contributed by atoms with Gasteiger partial charge in [-0.1, -0.05) is 39.1 Å². The molecule has 0 bridgehead atoms. The monoisotopic (exact) mass is 1260 g/mol. The van der Waals surface area contributed by atoms with Gasteiger partial charge in [0.2, 0.25) is 12.5 Å². The summed E-state index contributed by atoms with van der Waals surface area (Å²) in [4.78, 5) is 8.20. The Balaban J connectivity index is 0.000000162. The molecule has 8 aliphatic rings. The maximum absolute atomic E-state index is 16.3. The van der Waals surface area contributed by atoms with Gasteiger partial charge in [-0.15, -0.1) is 22.7 Å². The minimum absolute atomic E-state index is 0. The molecule has 10 heterocycles. The van der Waals surface area contributed by atoms with E-state index in [0.717, 1.165) is 58.9 Å². The van der Waals surface area contributed by atoms with Gasteiger partial charge in [0.05, 0.1) is 93.1 Å². The normalized spacial score (nSPS) is 23.9. The van der Waals surface area contributed by atoms with Gasteiger partial charge in [0, 0.05) is 27.8 Å². The van der Waals surface area contributed by atoms with E-state index in [1.54, 1.807) is 22.7 Å². The molecule has 21 heteroatoms. The van der Waals surface area contributed by atoms with Crippen LogP contribution in [0, 0.1) is 11.6 Å². The SMILES string of the molecule is C.C.CC1(C)OB(c2cc(F)c3c(c2)O[C@@H](c2ccc(C4CC4)s2)n2c-3cc3cc(B4OC(C)(C)C(C)(C)O4)ccc32)OC1(C)C.CC1(C)OB(c2cc(F)c3c(c2)O[C@@H](c2cnc(C4CC4)s2)n2c-3cc3cc(B4OC(C)(C)C(C)(C)O4)ccc32)OC1(C)C. The molecule has 472 valence electrons. The zero-order valence-corrected chi connectivity index (χ0v) is 54.7. The second-order valence-corrected chi connectivity index (χ2v) is 31.6. The van der Waals surface area contributed by atoms with Crippen molar-refractivity contribution in [2.75, 3.05) is 0 Å². The molecule has 4 aromatic heterocycles. The summed E-state index contributed by atoms with van der Waals surface area (Å²) in [6.07, 6.45) is 5.77. The van der Waals surface area contributed by atoms with E-state index in [0.29, 0.717) is 45.4 Å². The highest BCUT2D eigenvalue weighted by Crippen LogP contribution is 2.52. The summed E-state index contributed by atoms with van der Waals surface area (Å²) in [6, 6.07) is 27.7. The highest BCUT2D eigenvalue weighted by atomic mass is 32.1. The fourth-order valence-electron chi connectivity index (χ4n) is 12.5. The molecule has 13 nitrogen and oxygen atoms in total. The third-order valence-corrected chi connectivity index (χ3v) is 23.5. The van der Waals surface area contributed by atoms with Crippen molar-refractivity contribution >= 4 is 94.8 Å². The highest BCUT2D eigenvalue weighted by Gasteiger charge is 2.56. The standard InChI is InChI=1S/C34H38B2FNO5S.C33H37B2FN2O5S.2CH4/c1-31(2)32(3,4)41-35(40-31)21-11-12-24-20(15-21)16-25-29-23(37)17-22(36-42-33(5,6)34(7,8)43-36)18-26(29)39-30(38(24)25)28-14-13-27(44-28)19-9-10-19;1-30(2)31(3,4)41-34(40-30)20-11-12-23-19(13-20)14-24-27-22(36)15-21(35-42-32(5,6)33(7,8)43-35)16-25(27)39-29(38(23)24)26-17-37-28(44-26)18-9-10-18;;/h11-19,30H,9-10H2,1-8H3;11-18,29H,9-10H2,1-8H3;2*1H4/t30-;29-;;/m00../s1. The first-order valence-electron chi connectivity index (χ1n) is 31.1. The lowest BCUT2D eigenvalue weighted by molar-refractivity contribution is 0.00578. The Morgan fingerprint density at radius 2 is 0.767 bits per heavy atom. The first-order valence-corrected chi connectivity index (χ1v) is 32.7. The van der Waals surface area contributed by atoms with E-state index in [9.17, 15) is 0 Å². The van der Waals surface area contributed by atoms with Gasteiger partial charge < -0.3 is 46.7 Å². The van der Waals surface area contributed by atoms with E-state index < -0.39 is 85.7 Å². The summed E-state index contributed by atoms with van der Waals surface area (Å²) in [6.45, 7) is 32.4. The van der Waals surface area contributed by atoms with Gasteiger partial charge in [0.15, 0.2) is 0 Å². The minimum atomic E-state index is -0.707. The Morgan fingerprint density at radius 1 is 0.411 bits per heavy atom. The molecule has 0 amide bonds. The summed E-state index contributed by atoms with van der Waals surface area (Å²) >= 11 is 3.46. The van der Waals surface area contributed by atoms with Gasteiger partial charge >= 0.3 is 28.5 Å². The maximum atomic E-state index is 16.3. The van der Waals surface area contributed by atoms with Crippen LogP contribution in [0.1, 0.15) is 195 Å². The third kappa shape index (κ3) is 10.2. The number of hydrogen-bond acceptors (Lipinski definition) is 13. The molecule has 4 saturated heterocycles. The Kier molecular flexibility index (Phi) is 14.9. The first-order chi connectivity index (χ1) is 41.3. The fourth-order valence-corrected chi connectivity index (χ4v) is 14.8. The van der Waals surface area contributed by atoms with Crippen molar-refractivity contribution in [1.82, 2.24) is 14.1 Å². The third-order valence-electron chi connectivity index (χ3n) is 21.0. The van der Waals surface area contributed by atoms with Crippen LogP contribution in [-0.2, 0) is 37.2 Å². The molecular weight excluding hydrogens is 1180 g/mol. The fraction of sp³-hybridized carbons (Fsp3) is 0.493. The summed E-state index contributed by atoms with van der Waals surface area (Å²) in [5.41, 5.74) is 3.38. The molecule has 2 saturated carbocycles. The molecular formula is C69H83B4F2N3O10S2. The number of rotatable bonds is 8. The van der Waals surface area contributed by atoms with Gasteiger partial charge in [0.1, 0.15) is 23.1 Å². The largest absolute Gasteiger partial charge is 0.495 e. The molecule has 0 unspecified atom stereocenters. The minimum Gasteiger partial charge on any atom is -0.464 e. The van der Waals surface area contributed by atoms with Gasteiger partial charge in [-0.25, -0.2) is 13.8 Å². The number of aromatic nitrogens is 3. The lowest BCUT2D eigenvalue weighted by Crippen LogP contribution is -2.41. The maximum Gasteiger partial charge on any atom is 0.495 e. The number of nitrogens with zero attached hydrogens (tertiary/aromatic N) is 3. The Morgan fingerprint density at radius 3 is 1.14 bits per heavy atom. The molecule has 16 rings (SSSR count). The first kappa shape index (κ1) is 63.4. The summed E-state index contributed by atoms with van der Waals surface area (Å²) in [5, 5.41) is 3.06. The molecule has 2 atom stereocenters. The zero-order chi connectivity index (χ0) is 61.9. The number of benzene rings is 4. The van der Waals surface area contributed by atoms with Crippen molar-refractivity contribution in [2.45, 2.75) is 220 Å². The molecule has 6 aliphatic heterocycles. The lowest BCUT2D eigenvalue weighted by Gasteiger charge is -2.32. The predicted molar refractivity (Wildman–Crippen MR) is 359 cm³/mol. The highest BCUT2D eigenvalue weighted by molar-refractivity contribution is 7.12. The van der Waals surface area contributed by atoms with Crippen molar-refractivity contribution in [3.05, 3.63) is 122 Å². The quantitative estimate of drug-likeness (QED) is 0.135. The van der Waals surface area contributed by atoms with E-state index in [4.69, 9.17) is 51.7 Å². The Labute approximate surface area is 538 Å². The van der Waals surface area contributed by atoms with Crippen LogP contribution in [0.4, 0.5) is 8.78 Å². The second kappa shape index (κ2) is 21.1. The smallest absolute Gasteiger partial charge is 0.464 e. The van der Waals surface area contributed by atoms with Crippen molar-refractivity contribution in [1.29, 1.82) is 0 Å². The van der Waals surface area contributed by atoms with Crippen LogP contribution in [-0.4, -0.2) is 87.4 Å². The molecule has 2 aliphatic carbocycles. The average molecular weight is 1260 g/mol. The summed E-state index contributed by atoms with van der Waals surface area (Å²) in [7, 11) is -2.39. The van der Waals surface area contributed by atoms with Crippen molar-refractivity contribution in [2.24, 2.45) is 0 Å². The summed E-state index contributed by atoms with van der Waals surface area (Å²) in [5.74, 6) is 1.36. The number of halogens is 2. The van der Waals surface area contributed by atoms with E-state index in [2.05, 4.69) is 79.3 Å². The molecule has 4 aromatic carbocycles. The van der Waals surface area contributed by atoms with Gasteiger partial charge in [0.25, 0.3) is 0 Å². The van der Waals surface area contributed by atoms with Crippen molar-refractivity contribution in [3.8, 4) is 34.0 Å². The van der Waals surface area contributed by atoms with Crippen LogP contribution in [0.5, 0.6) is 11.5 Å². The van der Waals surface area contributed by atoms with Gasteiger partial charge in [-0.2, -0.15) is 0 Å². The Hall–Kier alpha value is -5.31. The molecule has 8 aromatic rings. The average Bonchev–Trinajstić information content (AvgIpc) is 1.53. The molecule has 0 N–H and O–H groups in total. The molecule has 90 heavy (non-hydrogen) atoms. The van der Waals surface area contributed by atoms with E-state index in [1.165, 1.54) is 42.7 Å².